The molecule has 0 aliphatic heterocycles. The number of carbonyl (C=O) groups is 2. The number of phenolic OH excluding ortho intramolecular Hbond substituents is 1. The Hall–Kier alpha value is -4.85. The van der Waals surface area contributed by atoms with Gasteiger partial charge in [-0.15, -0.1) is 0 Å². The first kappa shape index (κ1) is 26.7. The van der Waals surface area contributed by atoms with E-state index in [1.807, 2.05) is 24.3 Å². The Morgan fingerprint density at radius 1 is 0.975 bits per heavy atom. The van der Waals surface area contributed by atoms with Gasteiger partial charge in [0, 0.05) is 30.4 Å². The van der Waals surface area contributed by atoms with Crippen LogP contribution in [-0.2, 0) is 17.6 Å². The zero-order valence-electron chi connectivity index (χ0n) is 21.7. The fourth-order valence-corrected chi connectivity index (χ4v) is 5.06. The van der Waals surface area contributed by atoms with Crippen molar-refractivity contribution in [2.45, 2.75) is 25.3 Å². The summed E-state index contributed by atoms with van der Waals surface area (Å²) in [5.74, 6) is -1.86. The van der Waals surface area contributed by atoms with Crippen molar-refractivity contribution in [1.82, 2.24) is 15.6 Å². The molecular weight excluding hydrogens is 512 g/mol. The molecule has 0 saturated heterocycles. The van der Waals surface area contributed by atoms with Crippen molar-refractivity contribution in [3.8, 4) is 16.9 Å². The van der Waals surface area contributed by atoms with Crippen molar-refractivity contribution in [2.24, 2.45) is 0 Å². The number of pyridine rings is 1. The lowest BCUT2D eigenvalue weighted by molar-refractivity contribution is -0.120. The maximum absolute atomic E-state index is 14.1. The normalized spacial score (nSPS) is 12.8. The fraction of sp³-hybridized carbons (Fsp3) is 0.156. The molecule has 2 amide bonds. The van der Waals surface area contributed by atoms with Crippen LogP contribution < -0.4 is 10.6 Å². The molecule has 0 saturated carbocycles. The lowest BCUT2D eigenvalue weighted by Gasteiger charge is -2.22. The molecule has 1 aliphatic carbocycles. The summed E-state index contributed by atoms with van der Waals surface area (Å²) in [7, 11) is 1.55. The first-order chi connectivity index (χ1) is 19.3. The zero-order chi connectivity index (χ0) is 28.2. The quantitative estimate of drug-likeness (QED) is 0.275. The molecule has 0 unspecified atom stereocenters. The molecule has 0 fully saturated rings. The van der Waals surface area contributed by atoms with Crippen molar-refractivity contribution in [2.75, 3.05) is 7.05 Å². The van der Waals surface area contributed by atoms with E-state index < -0.39 is 17.7 Å². The highest BCUT2D eigenvalue weighted by atomic mass is 19.1. The van der Waals surface area contributed by atoms with E-state index in [2.05, 4.69) is 15.6 Å². The number of halogens is 2. The molecule has 40 heavy (non-hydrogen) atoms. The predicted molar refractivity (Wildman–Crippen MR) is 148 cm³/mol. The van der Waals surface area contributed by atoms with Gasteiger partial charge in [-0.1, -0.05) is 30.3 Å². The van der Waals surface area contributed by atoms with E-state index in [1.54, 1.807) is 49.6 Å². The zero-order valence-corrected chi connectivity index (χ0v) is 21.7. The number of aromatic hydroxyl groups is 1. The molecule has 5 rings (SSSR count). The SMILES string of the molecule is CNC(=O)c1cccc(-c2cccnc2[C@H](Cc2cc(F)cc(F)c2)NC(=O)CC2=CCc3ccc(O)cc32)c1. The third-order valence-corrected chi connectivity index (χ3v) is 6.89. The van der Waals surface area contributed by atoms with E-state index in [0.29, 0.717) is 34.4 Å². The summed E-state index contributed by atoms with van der Waals surface area (Å²) in [5.41, 5.74) is 5.32. The lowest BCUT2D eigenvalue weighted by atomic mass is 9.94. The van der Waals surface area contributed by atoms with Gasteiger partial charge in [0.05, 0.1) is 18.2 Å². The Morgan fingerprint density at radius 2 is 1.77 bits per heavy atom. The predicted octanol–water partition coefficient (Wildman–Crippen LogP) is 5.52. The number of nitrogens with one attached hydrogen (secondary N) is 2. The van der Waals surface area contributed by atoms with E-state index in [-0.39, 0.29) is 30.4 Å². The molecule has 6 nitrogen and oxygen atoms in total. The molecule has 1 aliphatic rings. The van der Waals surface area contributed by atoms with Gasteiger partial charge in [0.25, 0.3) is 5.91 Å². The topological polar surface area (TPSA) is 91.3 Å². The average molecular weight is 540 g/mol. The number of phenols is 1. The van der Waals surface area contributed by atoms with Gasteiger partial charge in [-0.2, -0.15) is 0 Å². The molecule has 1 atom stereocenters. The maximum Gasteiger partial charge on any atom is 0.251 e. The number of hydrogen-bond acceptors (Lipinski definition) is 4. The van der Waals surface area contributed by atoms with Gasteiger partial charge < -0.3 is 15.7 Å². The van der Waals surface area contributed by atoms with Crippen LogP contribution in [0, 0.1) is 11.6 Å². The molecule has 202 valence electrons. The summed E-state index contributed by atoms with van der Waals surface area (Å²) in [6.07, 6.45) is 4.34. The number of allylic oxidation sites excluding steroid dienone is 1. The molecule has 0 radical (unpaired) electrons. The van der Waals surface area contributed by atoms with E-state index >= 15 is 0 Å². The van der Waals surface area contributed by atoms with Gasteiger partial charge in [0.15, 0.2) is 0 Å². The van der Waals surface area contributed by atoms with Crippen LogP contribution in [-0.4, -0.2) is 29.0 Å². The lowest BCUT2D eigenvalue weighted by Crippen LogP contribution is -2.31. The number of amides is 2. The highest BCUT2D eigenvalue weighted by molar-refractivity contribution is 5.95. The molecule has 3 aromatic carbocycles. The summed E-state index contributed by atoms with van der Waals surface area (Å²) >= 11 is 0. The number of nitrogens with zero attached hydrogens (tertiary/aromatic N) is 1. The van der Waals surface area contributed by atoms with Gasteiger partial charge in [0.1, 0.15) is 17.4 Å². The minimum absolute atomic E-state index is 0.0544. The van der Waals surface area contributed by atoms with Gasteiger partial charge in [-0.3, -0.25) is 14.6 Å². The third kappa shape index (κ3) is 5.91. The van der Waals surface area contributed by atoms with Crippen molar-refractivity contribution in [3.63, 3.8) is 0 Å². The number of hydrogen-bond donors (Lipinski definition) is 3. The molecule has 8 heteroatoms. The number of rotatable bonds is 8. The van der Waals surface area contributed by atoms with Crippen LogP contribution in [0.3, 0.4) is 0 Å². The van der Waals surface area contributed by atoms with Crippen molar-refractivity contribution < 1.29 is 23.5 Å². The summed E-state index contributed by atoms with van der Waals surface area (Å²) in [5, 5.41) is 15.6. The average Bonchev–Trinajstić information content (AvgIpc) is 3.33. The Kier molecular flexibility index (Phi) is 7.68. The van der Waals surface area contributed by atoms with E-state index in [4.69, 9.17) is 0 Å². The van der Waals surface area contributed by atoms with Crippen molar-refractivity contribution in [1.29, 1.82) is 0 Å². The molecule has 0 bridgehead atoms. The second-order valence-corrected chi connectivity index (χ2v) is 9.65. The van der Waals surface area contributed by atoms with Crippen LogP contribution in [0.25, 0.3) is 16.7 Å². The molecular formula is C32H27F2N3O3. The Labute approximate surface area is 230 Å². The van der Waals surface area contributed by atoms with Gasteiger partial charge in [0.2, 0.25) is 5.91 Å². The third-order valence-electron chi connectivity index (χ3n) is 6.89. The van der Waals surface area contributed by atoms with Gasteiger partial charge in [-0.05, 0) is 83.1 Å². The first-order valence-electron chi connectivity index (χ1n) is 12.8. The standard InChI is InChI=1S/C32H27F2N3O3/c1-35-32(40)23-5-2-4-21(15-23)27-6-3-11-36-31(27)29(14-19-12-24(33)17-25(34)13-19)37-30(39)16-22-8-7-20-9-10-26(38)18-28(20)22/h2-6,8-13,15,17-18,29,38H,7,14,16H2,1H3,(H,35,40)(H,37,39)/t29-/m0/s1. The molecule has 1 aromatic heterocycles. The van der Waals surface area contributed by atoms with Crippen LogP contribution in [0.2, 0.25) is 0 Å². The fourth-order valence-electron chi connectivity index (χ4n) is 5.06. The number of carbonyl (C=O) groups excluding carboxylic acids is 2. The van der Waals surface area contributed by atoms with Gasteiger partial charge >= 0.3 is 0 Å². The second kappa shape index (κ2) is 11.5. The summed E-state index contributed by atoms with van der Waals surface area (Å²) in [6, 6.07) is 18.2. The molecule has 1 heterocycles. The van der Waals surface area contributed by atoms with Crippen molar-refractivity contribution in [3.05, 3.63) is 125 Å². The summed E-state index contributed by atoms with van der Waals surface area (Å²) in [4.78, 5) is 30.2. The van der Waals surface area contributed by atoms with Crippen molar-refractivity contribution >= 4 is 17.4 Å². The maximum atomic E-state index is 14.1. The smallest absolute Gasteiger partial charge is 0.251 e. The highest BCUT2D eigenvalue weighted by Crippen LogP contribution is 2.34. The highest BCUT2D eigenvalue weighted by Gasteiger charge is 2.24. The van der Waals surface area contributed by atoms with E-state index in [0.717, 1.165) is 22.8 Å². The second-order valence-electron chi connectivity index (χ2n) is 9.65. The van der Waals surface area contributed by atoms with Crippen LogP contribution in [0.4, 0.5) is 8.78 Å². The number of fused-ring (bicyclic) bond motifs is 1. The summed E-state index contributed by atoms with van der Waals surface area (Å²) < 4.78 is 28.2. The Bertz CT molecular complexity index is 1610. The van der Waals surface area contributed by atoms with Crippen LogP contribution >= 0.6 is 0 Å². The molecule has 4 aromatic rings. The number of benzene rings is 3. The molecule has 3 N–H and O–H groups in total. The first-order valence-corrected chi connectivity index (χ1v) is 12.8. The Balaban J connectivity index is 1.49. The minimum Gasteiger partial charge on any atom is -0.508 e. The molecule has 0 spiro atoms. The van der Waals surface area contributed by atoms with E-state index in [9.17, 15) is 23.5 Å². The number of aromatic nitrogens is 1. The Morgan fingerprint density at radius 3 is 2.55 bits per heavy atom. The summed E-state index contributed by atoms with van der Waals surface area (Å²) in [6.45, 7) is 0. The van der Waals surface area contributed by atoms with Gasteiger partial charge in [-0.25, -0.2) is 8.78 Å². The van der Waals surface area contributed by atoms with Crippen LogP contribution in [0.1, 0.15) is 45.2 Å². The largest absolute Gasteiger partial charge is 0.508 e. The minimum atomic E-state index is -0.737. The van der Waals surface area contributed by atoms with Crippen LogP contribution in [0.5, 0.6) is 5.75 Å². The van der Waals surface area contributed by atoms with E-state index in [1.165, 1.54) is 12.1 Å². The van der Waals surface area contributed by atoms with Crippen LogP contribution in [0.15, 0.2) is 85.1 Å². The monoisotopic (exact) mass is 539 g/mol.